The third-order valence-corrected chi connectivity index (χ3v) is 3.68. The van der Waals surface area contributed by atoms with Crippen LogP contribution in [-0.4, -0.2) is 43.7 Å². The van der Waals surface area contributed by atoms with E-state index in [2.05, 4.69) is 6.92 Å². The standard InChI is InChI=1S/C13H26N2O2/c1-10(11-5-6-11)15(7-8-17-4)12(16)13(2,3)9-14/h10-11H,5-9,14H2,1-4H3. The van der Waals surface area contributed by atoms with Gasteiger partial charge in [0, 0.05) is 26.2 Å². The lowest BCUT2D eigenvalue weighted by Gasteiger charge is -2.35. The third kappa shape index (κ3) is 3.68. The lowest BCUT2D eigenvalue weighted by Crippen LogP contribution is -2.50. The fraction of sp³-hybridized carbons (Fsp3) is 0.923. The Hall–Kier alpha value is -0.610. The Morgan fingerprint density at radius 2 is 2.12 bits per heavy atom. The highest BCUT2D eigenvalue weighted by atomic mass is 16.5. The van der Waals surface area contributed by atoms with Gasteiger partial charge in [0.15, 0.2) is 0 Å². The first kappa shape index (κ1) is 14.5. The van der Waals surface area contributed by atoms with Gasteiger partial charge in [-0.25, -0.2) is 0 Å². The van der Waals surface area contributed by atoms with E-state index in [0.29, 0.717) is 31.7 Å². The Labute approximate surface area is 104 Å². The van der Waals surface area contributed by atoms with Gasteiger partial charge >= 0.3 is 0 Å². The molecule has 1 rings (SSSR count). The van der Waals surface area contributed by atoms with Gasteiger partial charge < -0.3 is 15.4 Å². The maximum absolute atomic E-state index is 12.5. The summed E-state index contributed by atoms with van der Waals surface area (Å²) >= 11 is 0. The van der Waals surface area contributed by atoms with Crippen LogP contribution in [0.25, 0.3) is 0 Å². The number of hydrogen-bond donors (Lipinski definition) is 1. The molecule has 0 aliphatic heterocycles. The molecule has 0 aromatic rings. The van der Waals surface area contributed by atoms with E-state index in [1.807, 2.05) is 18.7 Å². The molecule has 0 heterocycles. The van der Waals surface area contributed by atoms with Crippen molar-refractivity contribution in [1.29, 1.82) is 0 Å². The Kier molecular flexibility index (Phi) is 4.95. The molecule has 1 fully saturated rings. The zero-order valence-electron chi connectivity index (χ0n) is 11.5. The van der Waals surface area contributed by atoms with Crippen molar-refractivity contribution in [2.45, 2.75) is 39.7 Å². The van der Waals surface area contributed by atoms with Crippen LogP contribution >= 0.6 is 0 Å². The van der Waals surface area contributed by atoms with E-state index in [-0.39, 0.29) is 5.91 Å². The smallest absolute Gasteiger partial charge is 0.229 e. The summed E-state index contributed by atoms with van der Waals surface area (Å²) < 4.78 is 5.09. The van der Waals surface area contributed by atoms with Crippen LogP contribution in [0.2, 0.25) is 0 Å². The van der Waals surface area contributed by atoms with E-state index in [1.54, 1.807) is 7.11 Å². The molecular formula is C13H26N2O2. The van der Waals surface area contributed by atoms with Gasteiger partial charge in [0.05, 0.1) is 12.0 Å². The molecule has 0 radical (unpaired) electrons. The SMILES string of the molecule is COCCN(C(=O)C(C)(C)CN)C(C)C1CC1. The van der Waals surface area contributed by atoms with E-state index in [9.17, 15) is 4.79 Å². The predicted molar refractivity (Wildman–Crippen MR) is 68.6 cm³/mol. The van der Waals surface area contributed by atoms with Crippen molar-refractivity contribution < 1.29 is 9.53 Å². The zero-order chi connectivity index (χ0) is 13.1. The molecule has 1 aliphatic carbocycles. The summed E-state index contributed by atoms with van der Waals surface area (Å²) in [6.45, 7) is 7.59. The topological polar surface area (TPSA) is 55.6 Å². The molecule has 2 N–H and O–H groups in total. The van der Waals surface area contributed by atoms with Crippen molar-refractivity contribution in [3.8, 4) is 0 Å². The van der Waals surface area contributed by atoms with E-state index in [1.165, 1.54) is 12.8 Å². The monoisotopic (exact) mass is 242 g/mol. The summed E-state index contributed by atoms with van der Waals surface area (Å²) in [4.78, 5) is 14.4. The molecule has 0 saturated heterocycles. The average Bonchev–Trinajstić information content (AvgIpc) is 3.12. The molecule has 0 aromatic carbocycles. The molecule has 17 heavy (non-hydrogen) atoms. The van der Waals surface area contributed by atoms with Crippen LogP contribution in [0.5, 0.6) is 0 Å². The van der Waals surface area contributed by atoms with Gasteiger partial charge in [-0.05, 0) is 39.5 Å². The van der Waals surface area contributed by atoms with Crippen LogP contribution in [0, 0.1) is 11.3 Å². The molecule has 4 nitrogen and oxygen atoms in total. The number of nitrogens with two attached hydrogens (primary N) is 1. The fourth-order valence-corrected chi connectivity index (χ4v) is 1.99. The van der Waals surface area contributed by atoms with Crippen LogP contribution in [0.15, 0.2) is 0 Å². The molecular weight excluding hydrogens is 216 g/mol. The zero-order valence-corrected chi connectivity index (χ0v) is 11.5. The van der Waals surface area contributed by atoms with Gasteiger partial charge in [-0.15, -0.1) is 0 Å². The van der Waals surface area contributed by atoms with Crippen LogP contribution in [0.4, 0.5) is 0 Å². The Morgan fingerprint density at radius 3 is 2.53 bits per heavy atom. The molecule has 1 unspecified atom stereocenters. The highest BCUT2D eigenvalue weighted by Gasteiger charge is 2.38. The van der Waals surface area contributed by atoms with Crippen LogP contribution in [0.1, 0.15) is 33.6 Å². The van der Waals surface area contributed by atoms with E-state index < -0.39 is 5.41 Å². The molecule has 4 heteroatoms. The van der Waals surface area contributed by atoms with Gasteiger partial charge in [0.2, 0.25) is 5.91 Å². The first-order valence-electron chi connectivity index (χ1n) is 6.44. The molecule has 1 aliphatic rings. The molecule has 1 atom stereocenters. The highest BCUT2D eigenvalue weighted by molar-refractivity contribution is 5.82. The predicted octanol–water partition coefficient (Wildman–Crippen LogP) is 1.24. The van der Waals surface area contributed by atoms with Gasteiger partial charge in [-0.2, -0.15) is 0 Å². The number of hydrogen-bond acceptors (Lipinski definition) is 3. The van der Waals surface area contributed by atoms with Gasteiger partial charge in [0.25, 0.3) is 0 Å². The summed E-state index contributed by atoms with van der Waals surface area (Å²) in [5.41, 5.74) is 5.21. The molecule has 1 saturated carbocycles. The Balaban J connectivity index is 2.70. The molecule has 0 aromatic heterocycles. The largest absolute Gasteiger partial charge is 0.383 e. The maximum atomic E-state index is 12.5. The summed E-state index contributed by atoms with van der Waals surface area (Å²) in [5, 5.41) is 0. The minimum atomic E-state index is -0.475. The minimum Gasteiger partial charge on any atom is -0.383 e. The summed E-state index contributed by atoms with van der Waals surface area (Å²) in [6.07, 6.45) is 2.47. The Bertz CT molecular complexity index is 262. The number of amides is 1. The first-order chi connectivity index (χ1) is 7.94. The maximum Gasteiger partial charge on any atom is 0.229 e. The number of carbonyl (C=O) groups excluding carboxylic acids is 1. The van der Waals surface area contributed by atoms with Crippen LogP contribution < -0.4 is 5.73 Å². The van der Waals surface area contributed by atoms with Gasteiger partial charge in [0.1, 0.15) is 0 Å². The van der Waals surface area contributed by atoms with E-state index in [4.69, 9.17) is 10.5 Å². The summed E-state index contributed by atoms with van der Waals surface area (Å²) in [7, 11) is 1.67. The second-order valence-electron chi connectivity index (χ2n) is 5.66. The molecule has 0 spiro atoms. The number of ether oxygens (including phenoxy) is 1. The fourth-order valence-electron chi connectivity index (χ4n) is 1.99. The van der Waals surface area contributed by atoms with Crippen molar-refractivity contribution in [2.24, 2.45) is 17.1 Å². The van der Waals surface area contributed by atoms with E-state index >= 15 is 0 Å². The van der Waals surface area contributed by atoms with Crippen molar-refractivity contribution in [3.05, 3.63) is 0 Å². The van der Waals surface area contributed by atoms with Gasteiger partial charge in [-0.3, -0.25) is 4.79 Å². The average molecular weight is 242 g/mol. The quantitative estimate of drug-likeness (QED) is 0.731. The van der Waals surface area contributed by atoms with Crippen LogP contribution in [-0.2, 0) is 9.53 Å². The number of carbonyl (C=O) groups is 1. The van der Waals surface area contributed by atoms with Crippen LogP contribution in [0.3, 0.4) is 0 Å². The Morgan fingerprint density at radius 1 is 1.53 bits per heavy atom. The van der Waals surface area contributed by atoms with Gasteiger partial charge in [-0.1, -0.05) is 0 Å². The normalized spacial score (nSPS) is 17.9. The van der Waals surface area contributed by atoms with Crippen molar-refractivity contribution in [3.63, 3.8) is 0 Å². The third-order valence-electron chi connectivity index (χ3n) is 3.68. The lowest BCUT2D eigenvalue weighted by molar-refractivity contribution is -0.143. The summed E-state index contributed by atoms with van der Waals surface area (Å²) in [5.74, 6) is 0.820. The van der Waals surface area contributed by atoms with Crippen molar-refractivity contribution in [2.75, 3.05) is 26.8 Å². The minimum absolute atomic E-state index is 0.149. The molecule has 1 amide bonds. The second-order valence-corrected chi connectivity index (χ2v) is 5.66. The number of nitrogens with zero attached hydrogens (tertiary/aromatic N) is 1. The number of rotatable bonds is 7. The molecule has 100 valence electrons. The summed E-state index contributed by atoms with van der Waals surface area (Å²) in [6, 6.07) is 0.309. The first-order valence-corrected chi connectivity index (χ1v) is 6.44. The highest BCUT2D eigenvalue weighted by Crippen LogP contribution is 2.36. The lowest BCUT2D eigenvalue weighted by atomic mass is 9.91. The number of methoxy groups -OCH3 is 1. The second kappa shape index (κ2) is 5.83. The molecule has 0 bridgehead atoms. The van der Waals surface area contributed by atoms with Crippen molar-refractivity contribution in [1.82, 2.24) is 4.90 Å². The van der Waals surface area contributed by atoms with Crippen molar-refractivity contribution >= 4 is 5.91 Å². The van der Waals surface area contributed by atoms with E-state index in [0.717, 1.165) is 0 Å².